The van der Waals surface area contributed by atoms with Gasteiger partial charge in [-0.1, -0.05) is 35.4 Å². The van der Waals surface area contributed by atoms with E-state index in [1.54, 1.807) is 12.1 Å². The van der Waals surface area contributed by atoms with E-state index in [4.69, 9.17) is 11.6 Å². The van der Waals surface area contributed by atoms with Gasteiger partial charge in [0, 0.05) is 0 Å². The molecular weight excluding hydrogens is 334 g/mol. The van der Waals surface area contributed by atoms with Crippen LogP contribution in [0.25, 0.3) is 0 Å². The van der Waals surface area contributed by atoms with Gasteiger partial charge in [0.1, 0.15) is 0 Å². The van der Waals surface area contributed by atoms with Gasteiger partial charge >= 0.3 is 0 Å². The van der Waals surface area contributed by atoms with Crippen molar-refractivity contribution in [3.05, 3.63) is 65.2 Å². The van der Waals surface area contributed by atoms with Crippen molar-refractivity contribution in [2.45, 2.75) is 11.8 Å². The molecule has 0 saturated carbocycles. The Balaban J connectivity index is 2.26. The lowest BCUT2D eigenvalue weighted by Crippen LogP contribution is -2.19. The maximum atomic E-state index is 13.5. The van der Waals surface area contributed by atoms with Crippen LogP contribution in [0, 0.1) is 18.6 Å². The zero-order valence-corrected chi connectivity index (χ0v) is 12.9. The monoisotopic (exact) mass is 344 g/mol. The summed E-state index contributed by atoms with van der Waals surface area (Å²) in [6, 6.07) is 9.36. The summed E-state index contributed by atoms with van der Waals surface area (Å²) in [4.78, 5) is 1.86. The van der Waals surface area contributed by atoms with Crippen LogP contribution < -0.4 is 4.83 Å². The van der Waals surface area contributed by atoms with Gasteiger partial charge in [0.25, 0.3) is 10.0 Å². The number of rotatable bonds is 4. The SMILES string of the molecule is Cc1ccc(S(=O)(=O)NN=C(Cl)c2cccc(F)c2F)cc1. The smallest absolute Gasteiger partial charge is 0.204 e. The Morgan fingerprint density at radius 3 is 2.41 bits per heavy atom. The summed E-state index contributed by atoms with van der Waals surface area (Å²) in [5.74, 6) is -2.31. The minimum atomic E-state index is -3.94. The summed E-state index contributed by atoms with van der Waals surface area (Å²) in [5.41, 5.74) is 0.551. The van der Waals surface area contributed by atoms with Gasteiger partial charge in [0.2, 0.25) is 0 Å². The van der Waals surface area contributed by atoms with Crippen molar-refractivity contribution >= 4 is 26.8 Å². The largest absolute Gasteiger partial charge is 0.276 e. The molecule has 4 nitrogen and oxygen atoms in total. The molecule has 0 aliphatic heterocycles. The van der Waals surface area contributed by atoms with E-state index in [1.165, 1.54) is 24.3 Å². The van der Waals surface area contributed by atoms with Gasteiger partial charge < -0.3 is 0 Å². The Hall–Kier alpha value is -1.99. The second kappa shape index (κ2) is 6.41. The molecule has 0 unspecified atom stereocenters. The van der Waals surface area contributed by atoms with Crippen LogP contribution >= 0.6 is 11.6 Å². The molecule has 0 fully saturated rings. The van der Waals surface area contributed by atoms with Gasteiger partial charge in [-0.25, -0.2) is 8.78 Å². The van der Waals surface area contributed by atoms with E-state index in [0.717, 1.165) is 11.6 Å². The van der Waals surface area contributed by atoms with E-state index >= 15 is 0 Å². The molecule has 2 aromatic carbocycles. The first-order valence-corrected chi connectivity index (χ1v) is 7.93. The third-order valence-electron chi connectivity index (χ3n) is 2.77. The lowest BCUT2D eigenvalue weighted by atomic mass is 10.2. The Morgan fingerprint density at radius 1 is 1.14 bits per heavy atom. The number of nitrogens with one attached hydrogen (secondary N) is 1. The summed E-state index contributed by atoms with van der Waals surface area (Å²) in [5, 5.41) is 2.90. The predicted molar refractivity (Wildman–Crippen MR) is 80.2 cm³/mol. The summed E-state index contributed by atoms with van der Waals surface area (Å²) in [7, 11) is -3.94. The van der Waals surface area contributed by atoms with Gasteiger partial charge in [-0.15, -0.1) is 0 Å². The molecule has 0 saturated heterocycles. The number of aryl methyl sites for hydroxylation is 1. The van der Waals surface area contributed by atoms with Crippen LogP contribution in [-0.4, -0.2) is 13.6 Å². The van der Waals surface area contributed by atoms with E-state index in [1.807, 2.05) is 11.8 Å². The number of hydrogen-bond donors (Lipinski definition) is 1. The lowest BCUT2D eigenvalue weighted by Gasteiger charge is -2.05. The third-order valence-corrected chi connectivity index (χ3v) is 4.28. The first-order valence-electron chi connectivity index (χ1n) is 6.07. The summed E-state index contributed by atoms with van der Waals surface area (Å²) >= 11 is 5.72. The highest BCUT2D eigenvalue weighted by Gasteiger charge is 2.15. The number of halogens is 3. The van der Waals surface area contributed by atoms with E-state index in [0.29, 0.717) is 0 Å². The molecule has 0 heterocycles. The zero-order chi connectivity index (χ0) is 16.3. The predicted octanol–water partition coefficient (Wildman–Crippen LogP) is 3.15. The fourth-order valence-corrected chi connectivity index (χ4v) is 2.64. The second-order valence-corrected chi connectivity index (χ2v) is 6.43. The standard InChI is InChI=1S/C14H11ClF2N2O2S/c1-9-5-7-10(8-6-9)22(20,21)19-18-14(15)11-3-2-4-12(16)13(11)17/h2-8,19H,1H3. The minimum Gasteiger partial charge on any atom is -0.204 e. The summed E-state index contributed by atoms with van der Waals surface area (Å²) in [6.45, 7) is 1.81. The number of benzene rings is 2. The maximum absolute atomic E-state index is 13.5. The van der Waals surface area contributed by atoms with Gasteiger partial charge in [-0.05, 0) is 31.2 Å². The van der Waals surface area contributed by atoms with E-state index in [2.05, 4.69) is 5.10 Å². The van der Waals surface area contributed by atoms with Gasteiger partial charge in [0.05, 0.1) is 10.5 Å². The average molecular weight is 345 g/mol. The molecule has 0 bridgehead atoms. The highest BCUT2D eigenvalue weighted by molar-refractivity contribution is 7.89. The molecule has 2 rings (SSSR count). The lowest BCUT2D eigenvalue weighted by molar-refractivity contribution is 0.507. The maximum Gasteiger partial charge on any atom is 0.276 e. The molecule has 116 valence electrons. The second-order valence-electron chi connectivity index (χ2n) is 4.41. The first-order chi connectivity index (χ1) is 10.3. The zero-order valence-electron chi connectivity index (χ0n) is 11.3. The number of sulfonamides is 1. The fraction of sp³-hybridized carbons (Fsp3) is 0.0714. The van der Waals surface area contributed by atoms with Crippen LogP contribution in [0.3, 0.4) is 0 Å². The Labute approximate surface area is 131 Å². The summed E-state index contributed by atoms with van der Waals surface area (Å²) < 4.78 is 50.6. The number of hydrogen-bond acceptors (Lipinski definition) is 3. The molecule has 0 spiro atoms. The van der Waals surface area contributed by atoms with Crippen LogP contribution in [0.15, 0.2) is 52.5 Å². The molecule has 0 atom stereocenters. The van der Waals surface area contributed by atoms with Gasteiger partial charge in [-0.3, -0.25) is 0 Å². The van der Waals surface area contributed by atoms with Gasteiger partial charge in [0.15, 0.2) is 16.8 Å². The van der Waals surface area contributed by atoms with Crippen LogP contribution in [0.5, 0.6) is 0 Å². The summed E-state index contributed by atoms with van der Waals surface area (Å²) in [6.07, 6.45) is 0. The molecule has 0 amide bonds. The minimum absolute atomic E-state index is 0.0222. The van der Waals surface area contributed by atoms with Gasteiger partial charge in [-0.2, -0.15) is 18.4 Å². The number of nitrogens with zero attached hydrogens (tertiary/aromatic N) is 1. The average Bonchev–Trinajstić information content (AvgIpc) is 2.48. The Kier molecular flexibility index (Phi) is 4.77. The van der Waals surface area contributed by atoms with Crippen molar-refractivity contribution in [1.82, 2.24) is 4.83 Å². The quantitative estimate of drug-likeness (QED) is 0.684. The molecule has 0 aliphatic carbocycles. The van der Waals surface area contributed by atoms with Crippen molar-refractivity contribution in [1.29, 1.82) is 0 Å². The molecule has 0 aromatic heterocycles. The van der Waals surface area contributed by atoms with Crippen LogP contribution in [-0.2, 0) is 10.0 Å². The molecule has 2 aromatic rings. The molecular formula is C14H11ClF2N2O2S. The van der Waals surface area contributed by atoms with Crippen molar-refractivity contribution < 1.29 is 17.2 Å². The first kappa shape index (κ1) is 16.4. The van der Waals surface area contributed by atoms with Crippen molar-refractivity contribution in [2.75, 3.05) is 0 Å². The van der Waals surface area contributed by atoms with E-state index < -0.39 is 26.8 Å². The highest BCUT2D eigenvalue weighted by atomic mass is 35.5. The topological polar surface area (TPSA) is 58.5 Å². The normalized spacial score (nSPS) is 12.3. The molecule has 8 heteroatoms. The van der Waals surface area contributed by atoms with E-state index in [-0.39, 0.29) is 10.5 Å². The fourth-order valence-electron chi connectivity index (χ4n) is 1.59. The van der Waals surface area contributed by atoms with Crippen molar-refractivity contribution in [3.63, 3.8) is 0 Å². The third kappa shape index (κ3) is 3.61. The Bertz CT molecular complexity index is 821. The van der Waals surface area contributed by atoms with Crippen LogP contribution in [0.2, 0.25) is 0 Å². The number of hydrazone groups is 1. The molecule has 0 radical (unpaired) electrons. The molecule has 22 heavy (non-hydrogen) atoms. The Morgan fingerprint density at radius 2 is 1.77 bits per heavy atom. The van der Waals surface area contributed by atoms with E-state index in [9.17, 15) is 17.2 Å². The van der Waals surface area contributed by atoms with Crippen molar-refractivity contribution in [3.8, 4) is 0 Å². The molecule has 0 aliphatic rings. The van der Waals surface area contributed by atoms with Crippen LogP contribution in [0.1, 0.15) is 11.1 Å². The van der Waals surface area contributed by atoms with Crippen molar-refractivity contribution in [2.24, 2.45) is 5.10 Å². The highest BCUT2D eigenvalue weighted by Crippen LogP contribution is 2.15. The van der Waals surface area contributed by atoms with Crippen LogP contribution in [0.4, 0.5) is 8.78 Å². The molecule has 1 N–H and O–H groups in total.